The fraction of sp³-hybridized carbons (Fsp3) is 0.0769. The van der Waals surface area contributed by atoms with Crippen molar-refractivity contribution in [2.45, 2.75) is 6.42 Å². The number of benzene rings is 3. The summed E-state index contributed by atoms with van der Waals surface area (Å²) >= 11 is 0. The van der Waals surface area contributed by atoms with E-state index in [2.05, 4.69) is 0 Å². The van der Waals surface area contributed by atoms with E-state index in [1.807, 2.05) is 91.0 Å². The van der Waals surface area contributed by atoms with E-state index in [0.29, 0.717) is 6.42 Å². The Morgan fingerprint density at radius 1 is 0.607 bits per heavy atom. The van der Waals surface area contributed by atoms with Gasteiger partial charge in [0.1, 0.15) is 0 Å². The molecule has 0 N–H and O–H groups in total. The van der Waals surface area contributed by atoms with Crippen molar-refractivity contribution in [3.8, 4) is 0 Å². The third kappa shape index (κ3) is 5.75. The van der Waals surface area contributed by atoms with E-state index < -0.39 is 5.92 Å². The third-order valence-electron chi connectivity index (χ3n) is 4.45. The van der Waals surface area contributed by atoms with Crippen LogP contribution < -0.4 is 0 Å². The van der Waals surface area contributed by atoms with Crippen molar-refractivity contribution in [3.63, 3.8) is 0 Å². The molecule has 0 aromatic heterocycles. The highest BCUT2D eigenvalue weighted by Gasteiger charge is 2.23. The molecule has 0 radical (unpaired) electrons. The van der Waals surface area contributed by atoms with Crippen LogP contribution in [0.2, 0.25) is 0 Å². The van der Waals surface area contributed by atoms with Crippen molar-refractivity contribution in [3.05, 3.63) is 120 Å². The van der Waals surface area contributed by atoms with Gasteiger partial charge in [-0.1, -0.05) is 103 Å². The second-order valence-electron chi connectivity index (χ2n) is 6.54. The molecule has 3 aromatic carbocycles. The summed E-state index contributed by atoms with van der Waals surface area (Å²) in [6.45, 7) is 0. The van der Waals surface area contributed by atoms with Crippen LogP contribution in [0, 0.1) is 5.92 Å². The molecule has 0 saturated carbocycles. The average molecular weight is 366 g/mol. The molecule has 0 fully saturated rings. The number of ketones is 2. The normalized spacial score (nSPS) is 12.3. The first kappa shape index (κ1) is 19.2. The summed E-state index contributed by atoms with van der Waals surface area (Å²) in [7, 11) is 0. The minimum absolute atomic E-state index is 0.185. The number of carbonyl (C=O) groups is 2. The molecule has 0 bridgehead atoms. The van der Waals surface area contributed by atoms with Gasteiger partial charge in [-0.15, -0.1) is 0 Å². The third-order valence-corrected chi connectivity index (χ3v) is 4.45. The van der Waals surface area contributed by atoms with E-state index in [0.717, 1.165) is 16.7 Å². The number of allylic oxidation sites excluding steroid dienone is 2. The predicted molar refractivity (Wildman–Crippen MR) is 115 cm³/mol. The SMILES string of the molecule is O=C(C=Cc1ccccc1)C(Cc1ccccc1)C(=O)C=Cc1ccccc1. The second kappa shape index (κ2) is 9.98. The monoisotopic (exact) mass is 366 g/mol. The zero-order valence-corrected chi connectivity index (χ0v) is 15.6. The minimum atomic E-state index is -0.734. The molecule has 2 heteroatoms. The van der Waals surface area contributed by atoms with Crippen LogP contribution in [-0.2, 0) is 16.0 Å². The Balaban J connectivity index is 1.79. The van der Waals surface area contributed by atoms with Gasteiger partial charge in [-0.2, -0.15) is 0 Å². The van der Waals surface area contributed by atoms with Crippen molar-refractivity contribution in [2.24, 2.45) is 5.92 Å². The van der Waals surface area contributed by atoms with Gasteiger partial charge >= 0.3 is 0 Å². The first-order valence-electron chi connectivity index (χ1n) is 9.30. The van der Waals surface area contributed by atoms with Crippen molar-refractivity contribution in [1.82, 2.24) is 0 Å². The van der Waals surface area contributed by atoms with Crippen LogP contribution in [0.1, 0.15) is 16.7 Å². The molecule has 0 amide bonds. The molecule has 3 aromatic rings. The molecule has 0 aliphatic rings. The maximum Gasteiger partial charge on any atom is 0.166 e. The molecule has 138 valence electrons. The van der Waals surface area contributed by atoms with Crippen LogP contribution >= 0.6 is 0 Å². The van der Waals surface area contributed by atoms with Crippen molar-refractivity contribution >= 4 is 23.7 Å². The Bertz CT molecular complexity index is 894. The summed E-state index contributed by atoms with van der Waals surface area (Å²) in [6, 6.07) is 28.8. The largest absolute Gasteiger partial charge is 0.294 e. The number of hydrogen-bond acceptors (Lipinski definition) is 2. The maximum atomic E-state index is 12.8. The molecule has 0 spiro atoms. The van der Waals surface area contributed by atoms with Gasteiger partial charge in [0.15, 0.2) is 11.6 Å². The summed E-state index contributed by atoms with van der Waals surface area (Å²) in [4.78, 5) is 25.7. The first-order chi connectivity index (χ1) is 13.7. The lowest BCUT2D eigenvalue weighted by molar-refractivity contribution is -0.127. The summed E-state index contributed by atoms with van der Waals surface area (Å²) < 4.78 is 0. The van der Waals surface area contributed by atoms with Crippen LogP contribution in [-0.4, -0.2) is 11.6 Å². The molecular weight excluding hydrogens is 344 g/mol. The summed E-state index contributed by atoms with van der Waals surface area (Å²) in [5.74, 6) is -1.10. The molecule has 0 unspecified atom stereocenters. The maximum absolute atomic E-state index is 12.8. The van der Waals surface area contributed by atoms with Crippen LogP contribution in [0.15, 0.2) is 103 Å². The Morgan fingerprint density at radius 2 is 1.00 bits per heavy atom. The lowest BCUT2D eigenvalue weighted by Gasteiger charge is -2.11. The van der Waals surface area contributed by atoms with Gasteiger partial charge in [-0.05, 0) is 35.3 Å². The molecule has 0 saturated heterocycles. The highest BCUT2D eigenvalue weighted by molar-refractivity contribution is 6.13. The van der Waals surface area contributed by atoms with E-state index in [9.17, 15) is 9.59 Å². The molecule has 0 heterocycles. The summed E-state index contributed by atoms with van der Waals surface area (Å²) in [5, 5.41) is 0. The predicted octanol–water partition coefficient (Wildman–Crippen LogP) is 5.41. The Morgan fingerprint density at radius 3 is 1.43 bits per heavy atom. The standard InChI is InChI=1S/C26H22O2/c27-25(18-16-21-10-4-1-5-11-21)24(20-23-14-8-3-9-15-23)26(28)19-17-22-12-6-2-7-13-22/h1-19,24H,20H2. The van der Waals surface area contributed by atoms with E-state index in [-0.39, 0.29) is 11.6 Å². The van der Waals surface area contributed by atoms with Gasteiger partial charge in [0, 0.05) is 0 Å². The lowest BCUT2D eigenvalue weighted by Crippen LogP contribution is -2.23. The number of carbonyl (C=O) groups excluding carboxylic acids is 2. The van der Waals surface area contributed by atoms with Gasteiger partial charge < -0.3 is 0 Å². The Labute approximate surface area is 165 Å². The van der Waals surface area contributed by atoms with Crippen LogP contribution in [0.5, 0.6) is 0 Å². The zero-order chi connectivity index (χ0) is 19.6. The average Bonchev–Trinajstić information content (AvgIpc) is 2.76. The van der Waals surface area contributed by atoms with Gasteiger partial charge in [0.05, 0.1) is 5.92 Å². The second-order valence-corrected chi connectivity index (χ2v) is 6.54. The summed E-state index contributed by atoms with van der Waals surface area (Å²) in [6.07, 6.45) is 6.92. The molecule has 28 heavy (non-hydrogen) atoms. The molecular formula is C26H22O2. The van der Waals surface area contributed by atoms with Crippen LogP contribution in [0.3, 0.4) is 0 Å². The molecule has 0 aliphatic carbocycles. The Hall–Kier alpha value is -3.52. The topological polar surface area (TPSA) is 34.1 Å². The molecule has 2 nitrogen and oxygen atoms in total. The zero-order valence-electron chi connectivity index (χ0n) is 15.6. The number of hydrogen-bond donors (Lipinski definition) is 0. The van der Waals surface area contributed by atoms with Crippen LogP contribution in [0.4, 0.5) is 0 Å². The van der Waals surface area contributed by atoms with Crippen LogP contribution in [0.25, 0.3) is 12.2 Å². The molecule has 0 atom stereocenters. The quantitative estimate of drug-likeness (QED) is 0.394. The van der Waals surface area contributed by atoms with Gasteiger partial charge in [0.2, 0.25) is 0 Å². The first-order valence-corrected chi connectivity index (χ1v) is 9.30. The highest BCUT2D eigenvalue weighted by atomic mass is 16.1. The molecule has 0 aliphatic heterocycles. The van der Waals surface area contributed by atoms with Gasteiger partial charge in [0.25, 0.3) is 0 Å². The van der Waals surface area contributed by atoms with Crippen molar-refractivity contribution < 1.29 is 9.59 Å². The smallest absolute Gasteiger partial charge is 0.166 e. The van der Waals surface area contributed by atoms with Gasteiger partial charge in [-0.3, -0.25) is 9.59 Å². The van der Waals surface area contributed by atoms with E-state index >= 15 is 0 Å². The highest BCUT2D eigenvalue weighted by Crippen LogP contribution is 2.15. The Kier molecular flexibility index (Phi) is 6.86. The minimum Gasteiger partial charge on any atom is -0.294 e. The fourth-order valence-electron chi connectivity index (χ4n) is 2.91. The summed E-state index contributed by atoms with van der Waals surface area (Å²) in [5.41, 5.74) is 2.83. The number of rotatable bonds is 8. The van der Waals surface area contributed by atoms with E-state index in [4.69, 9.17) is 0 Å². The fourth-order valence-corrected chi connectivity index (χ4v) is 2.91. The van der Waals surface area contributed by atoms with E-state index in [1.54, 1.807) is 12.2 Å². The van der Waals surface area contributed by atoms with Gasteiger partial charge in [-0.25, -0.2) is 0 Å². The lowest BCUT2D eigenvalue weighted by atomic mass is 9.90. The van der Waals surface area contributed by atoms with Crippen molar-refractivity contribution in [1.29, 1.82) is 0 Å². The molecule has 3 rings (SSSR count). The van der Waals surface area contributed by atoms with Crippen molar-refractivity contribution in [2.75, 3.05) is 0 Å². The van der Waals surface area contributed by atoms with E-state index in [1.165, 1.54) is 12.2 Å².